The van der Waals surface area contributed by atoms with Gasteiger partial charge in [-0.1, -0.05) is 26.8 Å². The Labute approximate surface area is 62.4 Å². The van der Waals surface area contributed by atoms with Crippen LogP contribution in [0.5, 0.6) is 0 Å². The van der Waals surface area contributed by atoms with E-state index in [1.165, 1.54) is 6.34 Å². The molecule has 56 valence electrons. The second kappa shape index (κ2) is 3.99. The van der Waals surface area contributed by atoms with Gasteiger partial charge in [-0.3, -0.25) is 4.99 Å². The molecule has 0 aromatic carbocycles. The average Bonchev–Trinajstić information content (AvgIpc) is 1.78. The minimum absolute atomic E-state index is 0.193. The van der Waals surface area contributed by atoms with Gasteiger partial charge in [0.1, 0.15) is 6.34 Å². The Morgan fingerprint density at radius 3 is 2.30 bits per heavy atom. The van der Waals surface area contributed by atoms with E-state index in [1.54, 1.807) is 6.20 Å². The summed E-state index contributed by atoms with van der Waals surface area (Å²) in [4.78, 5) is 7.30. The van der Waals surface area contributed by atoms with E-state index in [9.17, 15) is 0 Å². The van der Waals surface area contributed by atoms with Gasteiger partial charge in [0.25, 0.3) is 0 Å². The van der Waals surface area contributed by atoms with Crippen molar-refractivity contribution < 1.29 is 0 Å². The third-order valence-electron chi connectivity index (χ3n) is 0.809. The van der Waals surface area contributed by atoms with E-state index >= 15 is 0 Å². The highest BCUT2D eigenvalue weighted by atomic mass is 14.8. The van der Waals surface area contributed by atoms with Crippen LogP contribution in [0.4, 0.5) is 0 Å². The molecule has 0 unspecified atom stereocenters. The van der Waals surface area contributed by atoms with Gasteiger partial charge in [-0.2, -0.15) is 0 Å². The van der Waals surface area contributed by atoms with E-state index in [4.69, 9.17) is 0 Å². The molecular formula is C8H14N2. The van der Waals surface area contributed by atoms with Gasteiger partial charge < -0.3 is 0 Å². The minimum Gasteiger partial charge on any atom is -0.253 e. The molecule has 0 rings (SSSR count). The molecule has 0 heterocycles. The van der Waals surface area contributed by atoms with Crippen LogP contribution in [0.15, 0.2) is 22.3 Å². The van der Waals surface area contributed by atoms with Crippen molar-refractivity contribution in [2.24, 2.45) is 15.4 Å². The first-order valence-corrected chi connectivity index (χ1v) is 3.21. The second-order valence-electron chi connectivity index (χ2n) is 3.13. The van der Waals surface area contributed by atoms with Crippen molar-refractivity contribution in [2.45, 2.75) is 20.8 Å². The SMILES string of the molecule is C=NC=N/C=C\C(C)(C)C. The van der Waals surface area contributed by atoms with E-state index in [0.717, 1.165) is 0 Å². The van der Waals surface area contributed by atoms with Crippen molar-refractivity contribution in [1.29, 1.82) is 0 Å². The van der Waals surface area contributed by atoms with E-state index in [-0.39, 0.29) is 5.41 Å². The maximum atomic E-state index is 3.84. The predicted octanol–water partition coefficient (Wildman–Crippen LogP) is 2.28. The Morgan fingerprint density at radius 1 is 1.30 bits per heavy atom. The van der Waals surface area contributed by atoms with Crippen molar-refractivity contribution >= 4 is 13.1 Å². The zero-order valence-corrected chi connectivity index (χ0v) is 6.83. The lowest BCUT2D eigenvalue weighted by Crippen LogP contribution is -1.97. The van der Waals surface area contributed by atoms with Crippen LogP contribution in [0.1, 0.15) is 20.8 Å². The van der Waals surface area contributed by atoms with Crippen LogP contribution in [0.2, 0.25) is 0 Å². The predicted molar refractivity (Wildman–Crippen MR) is 46.6 cm³/mol. The third kappa shape index (κ3) is 7.08. The molecule has 0 bridgehead atoms. The van der Waals surface area contributed by atoms with Crippen molar-refractivity contribution in [3.05, 3.63) is 12.3 Å². The average molecular weight is 138 g/mol. The summed E-state index contributed by atoms with van der Waals surface area (Å²) in [6.45, 7) is 9.60. The van der Waals surface area contributed by atoms with E-state index in [2.05, 4.69) is 37.5 Å². The maximum absolute atomic E-state index is 3.84. The molecule has 0 radical (unpaired) electrons. The van der Waals surface area contributed by atoms with Gasteiger partial charge >= 0.3 is 0 Å². The molecule has 0 aromatic rings. The van der Waals surface area contributed by atoms with Crippen LogP contribution in [0.25, 0.3) is 0 Å². The largest absolute Gasteiger partial charge is 0.253 e. The second-order valence-corrected chi connectivity index (χ2v) is 3.13. The molecule has 2 nitrogen and oxygen atoms in total. The quantitative estimate of drug-likeness (QED) is 0.413. The van der Waals surface area contributed by atoms with Gasteiger partial charge in [0.15, 0.2) is 0 Å². The third-order valence-corrected chi connectivity index (χ3v) is 0.809. The van der Waals surface area contributed by atoms with Crippen LogP contribution in [-0.4, -0.2) is 13.1 Å². The van der Waals surface area contributed by atoms with Crippen LogP contribution in [0.3, 0.4) is 0 Å². The first kappa shape index (κ1) is 9.08. The molecule has 10 heavy (non-hydrogen) atoms. The summed E-state index contributed by atoms with van der Waals surface area (Å²) in [5.74, 6) is 0. The lowest BCUT2D eigenvalue weighted by atomic mass is 9.97. The molecule has 0 N–H and O–H groups in total. The summed E-state index contributed by atoms with van der Waals surface area (Å²) >= 11 is 0. The molecule has 0 aromatic heterocycles. The monoisotopic (exact) mass is 138 g/mol. The minimum atomic E-state index is 0.193. The smallest absolute Gasteiger partial charge is 0.114 e. The van der Waals surface area contributed by atoms with Crippen LogP contribution in [-0.2, 0) is 0 Å². The molecule has 0 amide bonds. The molecule has 0 aliphatic carbocycles. The van der Waals surface area contributed by atoms with Crippen molar-refractivity contribution in [3.63, 3.8) is 0 Å². The van der Waals surface area contributed by atoms with Crippen molar-refractivity contribution in [1.82, 2.24) is 0 Å². The van der Waals surface area contributed by atoms with Gasteiger partial charge in [0.2, 0.25) is 0 Å². The number of nitrogens with zero attached hydrogens (tertiary/aromatic N) is 2. The molecule has 0 saturated carbocycles. The zero-order chi connectivity index (χ0) is 8.04. The van der Waals surface area contributed by atoms with E-state index in [1.807, 2.05) is 6.08 Å². The summed E-state index contributed by atoms with van der Waals surface area (Å²) in [6.07, 6.45) is 5.16. The fourth-order valence-corrected chi connectivity index (χ4v) is 0.352. The molecule has 0 spiro atoms. The van der Waals surface area contributed by atoms with Gasteiger partial charge in [-0.05, 0) is 12.1 Å². The normalized spacial score (nSPS) is 13.1. The highest BCUT2D eigenvalue weighted by Crippen LogP contribution is 2.13. The zero-order valence-electron chi connectivity index (χ0n) is 6.83. The van der Waals surface area contributed by atoms with Gasteiger partial charge in [0, 0.05) is 6.20 Å². The van der Waals surface area contributed by atoms with Gasteiger partial charge in [-0.15, -0.1) is 0 Å². The van der Waals surface area contributed by atoms with Crippen LogP contribution < -0.4 is 0 Å². The number of hydrogen-bond donors (Lipinski definition) is 0. The molecule has 2 heteroatoms. The Bertz CT molecular complexity index is 149. The fraction of sp³-hybridized carbons (Fsp3) is 0.500. The van der Waals surface area contributed by atoms with Crippen molar-refractivity contribution in [3.8, 4) is 0 Å². The Morgan fingerprint density at radius 2 is 1.90 bits per heavy atom. The lowest BCUT2D eigenvalue weighted by molar-refractivity contribution is 0.543. The number of hydrogen-bond acceptors (Lipinski definition) is 1. The number of rotatable bonds is 2. The summed E-state index contributed by atoms with van der Waals surface area (Å²) in [6, 6.07) is 0. The molecule has 0 fully saturated rings. The van der Waals surface area contributed by atoms with Gasteiger partial charge in [0.05, 0.1) is 0 Å². The first-order valence-electron chi connectivity index (χ1n) is 3.21. The molecule has 0 aliphatic heterocycles. The summed E-state index contributed by atoms with van der Waals surface area (Å²) < 4.78 is 0. The molecular weight excluding hydrogens is 124 g/mol. The highest BCUT2D eigenvalue weighted by molar-refractivity contribution is 5.62. The Kier molecular flexibility index (Phi) is 3.62. The Hall–Kier alpha value is -0.920. The number of aliphatic imine (C=N–C) groups is 2. The van der Waals surface area contributed by atoms with E-state index < -0.39 is 0 Å². The van der Waals surface area contributed by atoms with Gasteiger partial charge in [-0.25, -0.2) is 4.99 Å². The highest BCUT2D eigenvalue weighted by Gasteiger charge is 2.01. The molecule has 0 atom stereocenters. The standard InChI is InChI=1S/C8H14N2/c1-8(2,3)5-6-10-7-9-4/h5-7H,4H2,1-3H3/b6-5-,10-7?. The summed E-state index contributed by atoms with van der Waals surface area (Å²) in [7, 11) is 0. The lowest BCUT2D eigenvalue weighted by Gasteiger charge is -2.09. The molecule has 0 aliphatic rings. The van der Waals surface area contributed by atoms with E-state index in [0.29, 0.717) is 0 Å². The van der Waals surface area contributed by atoms with Crippen LogP contribution in [0, 0.1) is 5.41 Å². The molecule has 0 saturated heterocycles. The summed E-state index contributed by atoms with van der Waals surface area (Å²) in [5.41, 5.74) is 0.193. The van der Waals surface area contributed by atoms with Crippen molar-refractivity contribution in [2.75, 3.05) is 0 Å². The maximum Gasteiger partial charge on any atom is 0.114 e. The number of allylic oxidation sites excluding steroid dienone is 1. The fourth-order valence-electron chi connectivity index (χ4n) is 0.352. The topological polar surface area (TPSA) is 24.7 Å². The van der Waals surface area contributed by atoms with Crippen LogP contribution >= 0.6 is 0 Å². The summed E-state index contributed by atoms with van der Waals surface area (Å²) in [5, 5.41) is 0. The Balaban J connectivity index is 3.77. The first-order chi connectivity index (χ1) is 4.56.